The third kappa shape index (κ3) is 3.06. The van der Waals surface area contributed by atoms with Gasteiger partial charge in [0.15, 0.2) is 0 Å². The second kappa shape index (κ2) is 5.61. The molecular weight excluding hydrogens is 289 g/mol. The van der Waals surface area contributed by atoms with Crippen LogP contribution in [0, 0.1) is 15.9 Å². The molecule has 0 radical (unpaired) electrons. The number of carbonyl (C=O) groups is 1. The molecule has 0 bridgehead atoms. The number of benzene rings is 1. The third-order valence-electron chi connectivity index (χ3n) is 2.42. The molecule has 7 nitrogen and oxygen atoms in total. The van der Waals surface area contributed by atoms with E-state index in [1.165, 1.54) is 0 Å². The van der Waals surface area contributed by atoms with Crippen LogP contribution in [0.4, 0.5) is 10.1 Å². The molecule has 0 aliphatic carbocycles. The van der Waals surface area contributed by atoms with Gasteiger partial charge in [-0.2, -0.15) is 4.39 Å². The minimum atomic E-state index is -1.08. The molecule has 0 atom stereocenters. The number of nitro benzene ring substituents is 1. The van der Waals surface area contributed by atoms with Gasteiger partial charge >= 0.3 is 10.6 Å². The van der Waals surface area contributed by atoms with E-state index in [2.05, 4.69) is 10.3 Å². The fraction of sp³-hybridized carbons (Fsp3) is 0.0909. The van der Waals surface area contributed by atoms with Crippen molar-refractivity contribution in [3.05, 3.63) is 60.4 Å². The van der Waals surface area contributed by atoms with E-state index in [0.29, 0.717) is 5.69 Å². The third-order valence-corrected chi connectivity index (χ3v) is 3.14. The summed E-state index contributed by atoms with van der Waals surface area (Å²) in [5.74, 6) is -1.67. The van der Waals surface area contributed by atoms with E-state index < -0.39 is 22.3 Å². The standard InChI is InChI=1S/C11H8FN3O4S/c12-8-3-6(1-2-9(8)15(18)19)10(16)13-4-7-5-20-11(17)14-7/h1-3,5H,4H2,(H,13,16)(H,14,17). The van der Waals surface area contributed by atoms with E-state index in [1.807, 2.05) is 0 Å². The highest BCUT2D eigenvalue weighted by Crippen LogP contribution is 2.17. The Morgan fingerprint density at radius 1 is 1.50 bits per heavy atom. The van der Waals surface area contributed by atoms with Crippen molar-refractivity contribution in [3.8, 4) is 0 Å². The molecule has 2 aromatic rings. The van der Waals surface area contributed by atoms with Gasteiger partial charge in [-0.3, -0.25) is 19.7 Å². The molecule has 0 saturated heterocycles. The molecule has 1 aromatic carbocycles. The Morgan fingerprint density at radius 2 is 2.25 bits per heavy atom. The molecule has 2 N–H and O–H groups in total. The number of aromatic nitrogens is 1. The first-order chi connectivity index (χ1) is 9.47. The van der Waals surface area contributed by atoms with Gasteiger partial charge in [-0.1, -0.05) is 11.3 Å². The average Bonchev–Trinajstić information content (AvgIpc) is 2.81. The van der Waals surface area contributed by atoms with Crippen molar-refractivity contribution in [2.24, 2.45) is 0 Å². The van der Waals surface area contributed by atoms with Crippen molar-refractivity contribution < 1.29 is 14.1 Å². The number of rotatable bonds is 4. The van der Waals surface area contributed by atoms with Crippen LogP contribution in [-0.4, -0.2) is 15.8 Å². The van der Waals surface area contributed by atoms with E-state index in [0.717, 1.165) is 29.5 Å². The molecule has 2 rings (SSSR count). The van der Waals surface area contributed by atoms with Gasteiger partial charge in [0, 0.05) is 22.7 Å². The number of H-pyrrole nitrogens is 1. The highest BCUT2D eigenvalue weighted by Gasteiger charge is 2.16. The molecule has 0 aliphatic rings. The van der Waals surface area contributed by atoms with Crippen LogP contribution < -0.4 is 10.2 Å². The summed E-state index contributed by atoms with van der Waals surface area (Å²) in [6.45, 7) is 0.0795. The van der Waals surface area contributed by atoms with Gasteiger partial charge < -0.3 is 10.3 Å². The maximum atomic E-state index is 13.4. The normalized spacial score (nSPS) is 10.2. The van der Waals surface area contributed by atoms with Crippen LogP contribution in [0.15, 0.2) is 28.4 Å². The average molecular weight is 297 g/mol. The van der Waals surface area contributed by atoms with E-state index >= 15 is 0 Å². The zero-order chi connectivity index (χ0) is 14.7. The smallest absolute Gasteiger partial charge is 0.304 e. The van der Waals surface area contributed by atoms with Gasteiger partial charge in [0.05, 0.1) is 11.5 Å². The summed E-state index contributed by atoms with van der Waals surface area (Å²) >= 11 is 0.962. The van der Waals surface area contributed by atoms with Crippen LogP contribution in [-0.2, 0) is 6.54 Å². The molecule has 0 fully saturated rings. The van der Waals surface area contributed by atoms with Crippen molar-refractivity contribution >= 4 is 22.9 Å². The number of nitrogens with one attached hydrogen (secondary N) is 2. The van der Waals surface area contributed by atoms with Crippen LogP contribution >= 0.6 is 11.3 Å². The highest BCUT2D eigenvalue weighted by molar-refractivity contribution is 7.07. The summed E-state index contributed by atoms with van der Waals surface area (Å²) < 4.78 is 13.4. The Kier molecular flexibility index (Phi) is 3.89. The Hall–Kier alpha value is -2.55. The van der Waals surface area contributed by atoms with Gasteiger partial charge in [0.1, 0.15) is 0 Å². The number of nitrogens with zero attached hydrogens (tertiary/aromatic N) is 1. The Morgan fingerprint density at radius 3 is 2.80 bits per heavy atom. The summed E-state index contributed by atoms with van der Waals surface area (Å²) in [4.78, 5) is 34.5. The lowest BCUT2D eigenvalue weighted by molar-refractivity contribution is -0.387. The van der Waals surface area contributed by atoms with Crippen molar-refractivity contribution in [1.82, 2.24) is 10.3 Å². The number of hydrogen-bond acceptors (Lipinski definition) is 5. The SMILES string of the molecule is O=C(NCc1csc(=O)[nH]1)c1ccc([N+](=O)[O-])c(F)c1. The molecule has 1 aromatic heterocycles. The zero-order valence-electron chi connectivity index (χ0n) is 9.88. The molecule has 9 heteroatoms. The molecule has 1 amide bonds. The Bertz CT molecular complexity index is 724. The fourth-order valence-electron chi connectivity index (χ4n) is 1.47. The van der Waals surface area contributed by atoms with E-state index in [-0.39, 0.29) is 17.0 Å². The number of aromatic amines is 1. The number of halogens is 1. The number of thiazole rings is 1. The maximum absolute atomic E-state index is 13.4. The second-order valence-electron chi connectivity index (χ2n) is 3.78. The monoisotopic (exact) mass is 297 g/mol. The molecule has 20 heavy (non-hydrogen) atoms. The van der Waals surface area contributed by atoms with Gasteiger partial charge in [0.2, 0.25) is 5.82 Å². The van der Waals surface area contributed by atoms with Crippen LogP contribution in [0.1, 0.15) is 16.1 Å². The maximum Gasteiger partial charge on any atom is 0.304 e. The number of nitro groups is 1. The van der Waals surface area contributed by atoms with E-state index in [1.54, 1.807) is 5.38 Å². The first-order valence-electron chi connectivity index (χ1n) is 5.36. The molecule has 0 saturated carbocycles. The molecule has 0 unspecified atom stereocenters. The minimum Gasteiger partial charge on any atom is -0.346 e. The number of carbonyl (C=O) groups excluding carboxylic acids is 1. The zero-order valence-corrected chi connectivity index (χ0v) is 10.7. The largest absolute Gasteiger partial charge is 0.346 e. The van der Waals surface area contributed by atoms with Crippen molar-refractivity contribution in [2.75, 3.05) is 0 Å². The summed E-state index contributed by atoms with van der Waals surface area (Å²) in [6.07, 6.45) is 0. The van der Waals surface area contributed by atoms with Gasteiger partial charge in [-0.05, 0) is 12.1 Å². The molecule has 0 spiro atoms. The predicted molar refractivity (Wildman–Crippen MR) is 69.2 cm³/mol. The van der Waals surface area contributed by atoms with Crippen LogP contribution in [0.25, 0.3) is 0 Å². The lowest BCUT2D eigenvalue weighted by atomic mass is 10.2. The quantitative estimate of drug-likeness (QED) is 0.657. The van der Waals surface area contributed by atoms with Crippen molar-refractivity contribution in [3.63, 3.8) is 0 Å². The first kappa shape index (κ1) is 13.9. The predicted octanol–water partition coefficient (Wildman–Crippen LogP) is 1.41. The summed E-state index contributed by atoms with van der Waals surface area (Å²) in [5.41, 5.74) is -0.204. The Balaban J connectivity index is 2.07. The van der Waals surface area contributed by atoms with Gasteiger partial charge in [-0.25, -0.2) is 0 Å². The topological polar surface area (TPSA) is 105 Å². The summed E-state index contributed by atoms with van der Waals surface area (Å²) in [6, 6.07) is 2.88. The second-order valence-corrected chi connectivity index (χ2v) is 4.62. The highest BCUT2D eigenvalue weighted by atomic mass is 32.1. The lowest BCUT2D eigenvalue weighted by Crippen LogP contribution is -2.23. The van der Waals surface area contributed by atoms with Gasteiger partial charge in [0.25, 0.3) is 5.91 Å². The molecule has 0 aliphatic heterocycles. The summed E-state index contributed by atoms with van der Waals surface area (Å²) in [7, 11) is 0. The molecule has 1 heterocycles. The van der Waals surface area contributed by atoms with Crippen molar-refractivity contribution in [2.45, 2.75) is 6.54 Å². The summed E-state index contributed by atoms with van der Waals surface area (Å²) in [5, 5.41) is 14.5. The Labute approximate surface area is 115 Å². The number of amides is 1. The van der Waals surface area contributed by atoms with Crippen LogP contribution in [0.2, 0.25) is 0 Å². The fourth-order valence-corrected chi connectivity index (χ4v) is 2.06. The van der Waals surface area contributed by atoms with E-state index in [9.17, 15) is 24.1 Å². The lowest BCUT2D eigenvalue weighted by Gasteiger charge is -2.03. The van der Waals surface area contributed by atoms with E-state index in [4.69, 9.17) is 0 Å². The molecule has 104 valence electrons. The number of hydrogen-bond donors (Lipinski definition) is 2. The van der Waals surface area contributed by atoms with Crippen LogP contribution in [0.5, 0.6) is 0 Å². The first-order valence-corrected chi connectivity index (χ1v) is 6.24. The molecular formula is C11H8FN3O4S. The van der Waals surface area contributed by atoms with Crippen LogP contribution in [0.3, 0.4) is 0 Å². The minimum absolute atomic E-state index is 0.0364. The van der Waals surface area contributed by atoms with Crippen molar-refractivity contribution in [1.29, 1.82) is 0 Å². The van der Waals surface area contributed by atoms with Gasteiger partial charge in [-0.15, -0.1) is 0 Å².